The second kappa shape index (κ2) is 7.24. The van der Waals surface area contributed by atoms with Gasteiger partial charge in [-0.05, 0) is 19.1 Å². The lowest BCUT2D eigenvalue weighted by Crippen LogP contribution is -2.51. The van der Waals surface area contributed by atoms with Crippen LogP contribution < -0.4 is 0 Å². The molecule has 1 aromatic rings. The van der Waals surface area contributed by atoms with E-state index in [1.807, 2.05) is 6.92 Å². The zero-order valence-corrected chi connectivity index (χ0v) is 12.3. The molecular formula is C13H17F2NO4S. The van der Waals surface area contributed by atoms with E-state index in [0.29, 0.717) is 24.1 Å². The van der Waals surface area contributed by atoms with Crippen LogP contribution in [0, 0.1) is 0 Å². The highest BCUT2D eigenvalue weighted by molar-refractivity contribution is 7.98. The van der Waals surface area contributed by atoms with Crippen LogP contribution in [-0.4, -0.2) is 53.6 Å². The highest BCUT2D eigenvalue weighted by atomic mass is 32.2. The molecule has 0 aromatic carbocycles. The number of furan rings is 1. The minimum atomic E-state index is -2.47. The zero-order chi connectivity index (χ0) is 15.4. The highest BCUT2D eigenvalue weighted by Crippen LogP contribution is 2.23. The number of amides is 1. The number of hydrogen-bond acceptors (Lipinski definition) is 5. The molecule has 21 heavy (non-hydrogen) atoms. The first kappa shape index (κ1) is 16.3. The summed E-state index contributed by atoms with van der Waals surface area (Å²) in [6.07, 6.45) is -0.408. The molecule has 0 spiro atoms. The molecule has 0 bridgehead atoms. The maximum atomic E-state index is 12.4. The molecule has 1 aliphatic rings. The first-order chi connectivity index (χ1) is 10.0. The summed E-state index contributed by atoms with van der Waals surface area (Å²) in [5.74, 6) is -2.33. The van der Waals surface area contributed by atoms with Crippen LogP contribution in [0.5, 0.6) is 0 Å². The average molecular weight is 321 g/mol. The van der Waals surface area contributed by atoms with Gasteiger partial charge in [0.1, 0.15) is 5.76 Å². The number of halogens is 2. The molecule has 2 atom stereocenters. The van der Waals surface area contributed by atoms with E-state index in [9.17, 15) is 13.6 Å². The first-order valence-electron chi connectivity index (χ1n) is 6.53. The number of morpholine rings is 1. The lowest BCUT2D eigenvalue weighted by molar-refractivity contribution is -0.0674. The summed E-state index contributed by atoms with van der Waals surface area (Å²) >= 11 is 0.445. The Kier molecular flexibility index (Phi) is 5.60. The standard InChI is InChI=1S/C13H17F2NO4S/c1-8-6-19-10(5-17)4-16(8)12(18)11-3-2-9(20-11)7-21-13(14)15/h2-3,8,10,13,17H,4-7H2,1H3. The summed E-state index contributed by atoms with van der Waals surface area (Å²) in [5, 5.41) is 9.11. The molecule has 1 saturated heterocycles. The van der Waals surface area contributed by atoms with E-state index >= 15 is 0 Å². The van der Waals surface area contributed by atoms with Gasteiger partial charge in [0, 0.05) is 6.54 Å². The molecule has 0 saturated carbocycles. The second-order valence-corrected chi connectivity index (χ2v) is 5.76. The molecule has 1 aliphatic heterocycles. The molecule has 5 nitrogen and oxygen atoms in total. The van der Waals surface area contributed by atoms with Crippen LogP contribution in [0.25, 0.3) is 0 Å². The first-order valence-corrected chi connectivity index (χ1v) is 7.58. The van der Waals surface area contributed by atoms with Gasteiger partial charge in [0.05, 0.1) is 31.1 Å². The Bertz CT molecular complexity index is 482. The lowest BCUT2D eigenvalue weighted by Gasteiger charge is -2.36. The zero-order valence-electron chi connectivity index (χ0n) is 11.5. The monoisotopic (exact) mass is 321 g/mol. The fourth-order valence-corrected chi connectivity index (χ4v) is 2.51. The molecule has 2 rings (SSSR count). The van der Waals surface area contributed by atoms with Crippen LogP contribution in [-0.2, 0) is 10.5 Å². The molecule has 2 heterocycles. The third-order valence-corrected chi connectivity index (χ3v) is 3.90. The molecule has 8 heteroatoms. The molecule has 0 radical (unpaired) electrons. The Morgan fingerprint density at radius 3 is 3.00 bits per heavy atom. The van der Waals surface area contributed by atoms with E-state index in [0.717, 1.165) is 0 Å². The number of thioether (sulfide) groups is 1. The van der Waals surface area contributed by atoms with Gasteiger partial charge >= 0.3 is 0 Å². The number of hydrogen-bond donors (Lipinski definition) is 1. The third kappa shape index (κ3) is 4.18. The maximum absolute atomic E-state index is 12.4. The number of rotatable bonds is 5. The predicted molar refractivity (Wildman–Crippen MR) is 73.3 cm³/mol. The van der Waals surface area contributed by atoms with Crippen molar-refractivity contribution in [2.45, 2.75) is 30.6 Å². The van der Waals surface area contributed by atoms with E-state index in [1.165, 1.54) is 12.1 Å². The van der Waals surface area contributed by atoms with Crippen LogP contribution >= 0.6 is 11.8 Å². The van der Waals surface area contributed by atoms with E-state index in [1.54, 1.807) is 4.90 Å². The average Bonchev–Trinajstić information content (AvgIpc) is 2.94. The molecule has 1 aromatic heterocycles. The van der Waals surface area contributed by atoms with Gasteiger partial charge < -0.3 is 19.2 Å². The fraction of sp³-hybridized carbons (Fsp3) is 0.615. The Morgan fingerprint density at radius 1 is 1.57 bits per heavy atom. The van der Waals surface area contributed by atoms with Crippen molar-refractivity contribution in [2.75, 3.05) is 19.8 Å². The van der Waals surface area contributed by atoms with Crippen molar-refractivity contribution in [1.82, 2.24) is 4.90 Å². The summed E-state index contributed by atoms with van der Waals surface area (Å²) in [7, 11) is 0. The third-order valence-electron chi connectivity index (χ3n) is 3.19. The minimum absolute atomic E-state index is 0.0167. The molecular weight excluding hydrogens is 304 g/mol. The largest absolute Gasteiger partial charge is 0.455 e. The number of carbonyl (C=O) groups excluding carboxylic acids is 1. The summed E-state index contributed by atoms with van der Waals surface area (Å²) in [4.78, 5) is 13.9. The van der Waals surface area contributed by atoms with Crippen molar-refractivity contribution < 1.29 is 27.8 Å². The van der Waals surface area contributed by atoms with Gasteiger partial charge in [-0.15, -0.1) is 0 Å². The minimum Gasteiger partial charge on any atom is -0.455 e. The van der Waals surface area contributed by atoms with Crippen LogP contribution in [0.3, 0.4) is 0 Å². The lowest BCUT2D eigenvalue weighted by atomic mass is 10.2. The summed E-state index contributed by atoms with van der Waals surface area (Å²) < 4.78 is 34.9. The normalized spacial score (nSPS) is 22.8. The summed E-state index contributed by atoms with van der Waals surface area (Å²) in [6.45, 7) is 2.29. The van der Waals surface area contributed by atoms with Gasteiger partial charge in [0.15, 0.2) is 5.76 Å². The van der Waals surface area contributed by atoms with Crippen LogP contribution in [0.15, 0.2) is 16.5 Å². The highest BCUT2D eigenvalue weighted by Gasteiger charge is 2.31. The number of aliphatic hydroxyl groups excluding tert-OH is 1. The molecule has 1 amide bonds. The van der Waals surface area contributed by atoms with E-state index < -0.39 is 11.9 Å². The number of nitrogens with zero attached hydrogens (tertiary/aromatic N) is 1. The van der Waals surface area contributed by atoms with E-state index in [4.69, 9.17) is 14.3 Å². The quantitative estimate of drug-likeness (QED) is 0.898. The molecule has 2 unspecified atom stereocenters. The Hall–Kier alpha value is -1.12. The number of ether oxygens (including phenoxy) is 1. The molecule has 1 fully saturated rings. The molecule has 0 aliphatic carbocycles. The Balaban J connectivity index is 2.01. The summed E-state index contributed by atoms with van der Waals surface area (Å²) in [6, 6.07) is 2.88. The van der Waals surface area contributed by atoms with Crippen LogP contribution in [0.2, 0.25) is 0 Å². The SMILES string of the molecule is CC1COC(CO)CN1C(=O)c1ccc(CSC(F)F)o1. The van der Waals surface area contributed by atoms with Gasteiger partial charge in [0.2, 0.25) is 0 Å². The number of alkyl halides is 2. The van der Waals surface area contributed by atoms with Gasteiger partial charge in [-0.3, -0.25) is 4.79 Å². The van der Waals surface area contributed by atoms with Crippen LogP contribution in [0.1, 0.15) is 23.2 Å². The molecule has 1 N–H and O–H groups in total. The van der Waals surface area contributed by atoms with E-state index in [2.05, 4.69) is 0 Å². The smallest absolute Gasteiger partial charge is 0.289 e. The van der Waals surface area contributed by atoms with Crippen molar-refractivity contribution in [2.24, 2.45) is 0 Å². The Labute approximate surface area is 125 Å². The second-order valence-electron chi connectivity index (χ2n) is 4.78. The Morgan fingerprint density at radius 2 is 2.33 bits per heavy atom. The molecule has 118 valence electrons. The fourth-order valence-electron chi connectivity index (χ4n) is 2.07. The summed E-state index contributed by atoms with van der Waals surface area (Å²) in [5.41, 5.74) is 0. The number of aliphatic hydroxyl groups is 1. The van der Waals surface area contributed by atoms with Gasteiger partial charge in [-0.2, -0.15) is 8.78 Å². The van der Waals surface area contributed by atoms with Crippen molar-refractivity contribution in [3.8, 4) is 0 Å². The van der Waals surface area contributed by atoms with Crippen molar-refractivity contribution in [1.29, 1.82) is 0 Å². The van der Waals surface area contributed by atoms with Crippen molar-refractivity contribution >= 4 is 17.7 Å². The van der Waals surface area contributed by atoms with Crippen LogP contribution in [0.4, 0.5) is 8.78 Å². The van der Waals surface area contributed by atoms with E-state index in [-0.39, 0.29) is 36.6 Å². The van der Waals surface area contributed by atoms with Gasteiger partial charge in [-0.25, -0.2) is 0 Å². The van der Waals surface area contributed by atoms with Gasteiger partial charge in [0.25, 0.3) is 11.7 Å². The van der Waals surface area contributed by atoms with Gasteiger partial charge in [-0.1, -0.05) is 11.8 Å². The van der Waals surface area contributed by atoms with Crippen molar-refractivity contribution in [3.63, 3.8) is 0 Å². The maximum Gasteiger partial charge on any atom is 0.289 e. The number of carbonyl (C=O) groups is 1. The predicted octanol–water partition coefficient (Wildman–Crippen LogP) is 1.96. The topological polar surface area (TPSA) is 62.9 Å². The van der Waals surface area contributed by atoms with Crippen molar-refractivity contribution in [3.05, 3.63) is 23.7 Å².